The molecular formula is C30H37N3O5S. The molecule has 3 aromatic carbocycles. The van der Waals surface area contributed by atoms with Gasteiger partial charge in [-0.15, -0.1) is 0 Å². The highest BCUT2D eigenvalue weighted by Crippen LogP contribution is 2.25. The molecule has 2 amide bonds. The van der Waals surface area contributed by atoms with Crippen LogP contribution in [0.5, 0.6) is 0 Å². The minimum atomic E-state index is -3.55. The lowest BCUT2D eigenvalue weighted by Gasteiger charge is -2.32. The molecule has 8 nitrogen and oxygen atoms in total. The maximum absolute atomic E-state index is 13.7. The molecule has 0 unspecified atom stereocenters. The lowest BCUT2D eigenvalue weighted by Crippen LogP contribution is -2.43. The second kappa shape index (κ2) is 15.2. The van der Waals surface area contributed by atoms with Crippen molar-refractivity contribution in [3.8, 4) is 0 Å². The maximum atomic E-state index is 13.7. The highest BCUT2D eigenvalue weighted by atomic mass is 32.2. The first-order chi connectivity index (χ1) is 18.9. The fourth-order valence-corrected chi connectivity index (χ4v) is 5.28. The zero-order valence-electron chi connectivity index (χ0n) is 22.5. The van der Waals surface area contributed by atoms with E-state index in [1.807, 2.05) is 60.7 Å². The van der Waals surface area contributed by atoms with E-state index in [1.165, 1.54) is 0 Å². The van der Waals surface area contributed by atoms with E-state index >= 15 is 0 Å². The molecule has 0 bridgehead atoms. The molecule has 208 valence electrons. The number of aryl methyl sites for hydroxylation is 1. The van der Waals surface area contributed by atoms with E-state index in [4.69, 9.17) is 4.74 Å². The number of carbonyl (C=O) groups excluding carboxylic acids is 2. The van der Waals surface area contributed by atoms with Gasteiger partial charge in [-0.3, -0.25) is 9.59 Å². The Labute approximate surface area is 231 Å². The molecule has 1 atom stereocenters. The van der Waals surface area contributed by atoms with Crippen LogP contribution < -0.4 is 10.0 Å². The Bertz CT molecular complexity index is 1280. The molecule has 0 aliphatic rings. The number of rotatable bonds is 15. The molecule has 0 aliphatic carbocycles. The molecule has 2 N–H and O–H groups in total. The summed E-state index contributed by atoms with van der Waals surface area (Å²) >= 11 is 0. The van der Waals surface area contributed by atoms with Crippen molar-refractivity contribution in [3.63, 3.8) is 0 Å². The smallest absolute Gasteiger partial charge is 0.247 e. The lowest BCUT2D eigenvalue weighted by molar-refractivity contribution is -0.141. The zero-order valence-corrected chi connectivity index (χ0v) is 23.3. The van der Waals surface area contributed by atoms with Gasteiger partial charge in [0.05, 0.1) is 4.90 Å². The quantitative estimate of drug-likeness (QED) is 0.279. The molecule has 0 saturated carbocycles. The molecule has 3 aromatic rings. The van der Waals surface area contributed by atoms with E-state index < -0.39 is 16.1 Å². The van der Waals surface area contributed by atoms with E-state index in [2.05, 4.69) is 10.0 Å². The number of carbonyl (C=O) groups is 2. The number of ether oxygens (including phenoxy) is 1. The number of amides is 2. The molecule has 9 heteroatoms. The third kappa shape index (κ3) is 9.02. The Hall–Kier alpha value is -3.53. The fourth-order valence-electron chi connectivity index (χ4n) is 4.24. The molecule has 3 rings (SSSR count). The molecule has 0 saturated heterocycles. The first-order valence-electron chi connectivity index (χ1n) is 13.1. The number of sulfonamides is 1. The van der Waals surface area contributed by atoms with Crippen LogP contribution in [0.1, 0.15) is 42.5 Å². The standard InChI is InChI=1S/C30H37N3O5S/c1-3-32-39(36,37)27-18-15-24(16-19-27)17-20-28(34)33(23-25-11-6-4-7-12-25)29(26-13-8-5-9-14-26)30(35)31-21-10-22-38-2/h4-9,11-16,18-19,29,32H,3,10,17,20-23H2,1-2H3,(H,31,35)/t29-/m0/s1. The topological polar surface area (TPSA) is 105 Å². The van der Waals surface area contributed by atoms with Gasteiger partial charge in [-0.1, -0.05) is 79.7 Å². The van der Waals surface area contributed by atoms with Gasteiger partial charge >= 0.3 is 0 Å². The monoisotopic (exact) mass is 551 g/mol. The van der Waals surface area contributed by atoms with E-state index in [9.17, 15) is 18.0 Å². The van der Waals surface area contributed by atoms with Gasteiger partial charge in [0.25, 0.3) is 0 Å². The van der Waals surface area contributed by atoms with Crippen molar-refractivity contribution in [1.82, 2.24) is 14.9 Å². The van der Waals surface area contributed by atoms with Crippen molar-refractivity contribution >= 4 is 21.8 Å². The van der Waals surface area contributed by atoms with Crippen LogP contribution in [0.3, 0.4) is 0 Å². The highest BCUT2D eigenvalue weighted by Gasteiger charge is 2.31. The predicted octanol–water partition coefficient (Wildman–Crippen LogP) is 3.84. The molecule has 39 heavy (non-hydrogen) atoms. The van der Waals surface area contributed by atoms with Gasteiger partial charge in [-0.2, -0.15) is 0 Å². The van der Waals surface area contributed by atoms with Crippen molar-refractivity contribution in [2.75, 3.05) is 26.8 Å². The average Bonchev–Trinajstić information content (AvgIpc) is 2.95. The second-order valence-corrected chi connectivity index (χ2v) is 10.9. The maximum Gasteiger partial charge on any atom is 0.247 e. The molecule has 0 aromatic heterocycles. The van der Waals surface area contributed by atoms with Gasteiger partial charge in [0.1, 0.15) is 6.04 Å². The summed E-state index contributed by atoms with van der Waals surface area (Å²) in [6.07, 6.45) is 1.23. The van der Waals surface area contributed by atoms with Crippen LogP contribution in [0.25, 0.3) is 0 Å². The Balaban J connectivity index is 1.84. The number of nitrogens with one attached hydrogen (secondary N) is 2. The molecule has 0 spiro atoms. The molecular weight excluding hydrogens is 514 g/mol. The summed E-state index contributed by atoms with van der Waals surface area (Å²) in [4.78, 5) is 29.0. The molecule has 0 aliphatic heterocycles. The molecule has 0 heterocycles. The van der Waals surface area contributed by atoms with Crippen molar-refractivity contribution in [2.45, 2.75) is 43.7 Å². The van der Waals surface area contributed by atoms with Crippen LogP contribution in [-0.2, 0) is 37.3 Å². The minimum Gasteiger partial charge on any atom is -0.385 e. The summed E-state index contributed by atoms with van der Waals surface area (Å²) in [6.45, 7) is 3.26. The van der Waals surface area contributed by atoms with Crippen LogP contribution in [-0.4, -0.2) is 51.9 Å². The summed E-state index contributed by atoms with van der Waals surface area (Å²) in [5.41, 5.74) is 2.47. The predicted molar refractivity (Wildman–Crippen MR) is 151 cm³/mol. The van der Waals surface area contributed by atoms with Crippen molar-refractivity contribution < 1.29 is 22.7 Å². The van der Waals surface area contributed by atoms with Crippen LogP contribution in [0.15, 0.2) is 89.8 Å². The van der Waals surface area contributed by atoms with Gasteiger partial charge in [0.2, 0.25) is 21.8 Å². The summed E-state index contributed by atoms with van der Waals surface area (Å²) in [6, 6.07) is 24.6. The zero-order chi connectivity index (χ0) is 28.1. The van der Waals surface area contributed by atoms with E-state index in [1.54, 1.807) is 43.2 Å². The van der Waals surface area contributed by atoms with Gasteiger partial charge < -0.3 is 15.0 Å². The Morgan fingerprint density at radius 2 is 1.54 bits per heavy atom. The summed E-state index contributed by atoms with van der Waals surface area (Å²) < 4.78 is 32.0. The Morgan fingerprint density at radius 3 is 2.15 bits per heavy atom. The average molecular weight is 552 g/mol. The highest BCUT2D eigenvalue weighted by molar-refractivity contribution is 7.89. The third-order valence-corrected chi connectivity index (χ3v) is 7.77. The van der Waals surface area contributed by atoms with Crippen molar-refractivity contribution in [2.24, 2.45) is 0 Å². The molecule has 0 radical (unpaired) electrons. The SMILES string of the molecule is CCNS(=O)(=O)c1ccc(CCC(=O)N(Cc2ccccc2)[C@H](C(=O)NCCCOC)c2ccccc2)cc1. The number of hydrogen-bond acceptors (Lipinski definition) is 5. The van der Waals surface area contributed by atoms with Crippen LogP contribution in [0, 0.1) is 0 Å². The largest absolute Gasteiger partial charge is 0.385 e. The van der Waals surface area contributed by atoms with E-state index in [0.717, 1.165) is 16.7 Å². The van der Waals surface area contributed by atoms with Crippen LogP contribution in [0.4, 0.5) is 0 Å². The second-order valence-electron chi connectivity index (χ2n) is 9.10. The number of methoxy groups -OCH3 is 1. The first kappa shape index (κ1) is 30.0. The van der Waals surface area contributed by atoms with Gasteiger partial charge in [-0.25, -0.2) is 13.1 Å². The van der Waals surface area contributed by atoms with Gasteiger partial charge in [-0.05, 0) is 41.7 Å². The molecule has 0 fully saturated rings. The summed E-state index contributed by atoms with van der Waals surface area (Å²) in [5, 5.41) is 2.97. The summed E-state index contributed by atoms with van der Waals surface area (Å²) in [5.74, 6) is -0.427. The number of nitrogens with zero attached hydrogens (tertiary/aromatic N) is 1. The minimum absolute atomic E-state index is 0.159. The lowest BCUT2D eigenvalue weighted by atomic mass is 10.0. The van der Waals surface area contributed by atoms with Gasteiger partial charge in [0.15, 0.2) is 0 Å². The van der Waals surface area contributed by atoms with Crippen LogP contribution in [0.2, 0.25) is 0 Å². The number of benzene rings is 3. The fraction of sp³-hybridized carbons (Fsp3) is 0.333. The number of hydrogen-bond donors (Lipinski definition) is 2. The van der Waals surface area contributed by atoms with Crippen LogP contribution >= 0.6 is 0 Å². The Morgan fingerprint density at radius 1 is 0.897 bits per heavy atom. The third-order valence-electron chi connectivity index (χ3n) is 6.21. The summed E-state index contributed by atoms with van der Waals surface area (Å²) in [7, 11) is -1.93. The van der Waals surface area contributed by atoms with E-state index in [-0.39, 0.29) is 29.7 Å². The normalized spacial score (nSPS) is 12.1. The van der Waals surface area contributed by atoms with E-state index in [0.29, 0.717) is 32.5 Å². The Kier molecular flexibility index (Phi) is 11.7. The van der Waals surface area contributed by atoms with Crippen molar-refractivity contribution in [1.29, 1.82) is 0 Å². The first-order valence-corrected chi connectivity index (χ1v) is 14.6. The van der Waals surface area contributed by atoms with Gasteiger partial charge in [0, 0.05) is 39.8 Å². The van der Waals surface area contributed by atoms with Crippen molar-refractivity contribution in [3.05, 3.63) is 102 Å².